The molecule has 1 spiro atoms. The summed E-state index contributed by atoms with van der Waals surface area (Å²) in [5, 5.41) is 0. The van der Waals surface area contributed by atoms with Crippen LogP contribution in [0.4, 0.5) is 0 Å². The molecule has 0 radical (unpaired) electrons. The van der Waals surface area contributed by atoms with Crippen molar-refractivity contribution in [2.75, 3.05) is 13.5 Å². The summed E-state index contributed by atoms with van der Waals surface area (Å²) in [5.74, 6) is -0.0998. The predicted molar refractivity (Wildman–Crippen MR) is 104 cm³/mol. The number of hydrogen-bond acceptors (Lipinski definition) is 6. The third kappa shape index (κ3) is 2.44. The zero-order chi connectivity index (χ0) is 21.4. The Morgan fingerprint density at radius 1 is 1.29 bits per heavy atom. The highest BCUT2D eigenvalue weighted by Crippen LogP contribution is 2.62. The fourth-order valence-corrected chi connectivity index (χ4v) is 5.56. The monoisotopic (exact) mass is 408 g/mol. The first-order chi connectivity index (χ1) is 14.1. The van der Waals surface area contributed by atoms with Gasteiger partial charge in [0.25, 0.3) is 0 Å². The van der Waals surface area contributed by atoms with Gasteiger partial charge in [-0.15, -0.1) is 12.4 Å². The van der Waals surface area contributed by atoms with Crippen molar-refractivity contribution in [2.45, 2.75) is 50.4 Å². The lowest BCUT2D eigenvalue weighted by Crippen LogP contribution is -2.65. The van der Waals surface area contributed by atoms with E-state index in [0.717, 1.165) is 11.1 Å². The van der Waals surface area contributed by atoms with E-state index >= 15 is 0 Å². The van der Waals surface area contributed by atoms with Gasteiger partial charge in [0.2, 0.25) is 0 Å². The van der Waals surface area contributed by atoms with E-state index in [-0.39, 0.29) is 24.4 Å². The molecular weight excluding hydrogens is 382 g/mol. The van der Waals surface area contributed by atoms with E-state index in [2.05, 4.69) is 0 Å². The topological polar surface area (TPSA) is 65.1 Å². The summed E-state index contributed by atoms with van der Waals surface area (Å²) < 4.78 is 41.4. The first kappa shape index (κ1) is 15.8. The number of likely N-dealkylation sites (N-methyl/N-ethyl adjacent to an activating group) is 1. The van der Waals surface area contributed by atoms with Crippen LogP contribution in [0.2, 0.25) is 0 Å². The molecule has 4 aliphatic rings. The van der Waals surface area contributed by atoms with E-state index in [1.54, 1.807) is 11.0 Å². The normalized spacial score (nSPS) is 36.0. The molecule has 1 aromatic carbocycles. The number of halogens is 1. The SMILES string of the molecule is Cl.[2H]C([2H])([2H])N1CC[C@]23c4c5ccc(OC(C)=O)c4O[C@H]2[C@@H](OC(C)=O)C=C[C@H]3[C@H]1C5. The maximum atomic E-state index is 11.7. The number of hydrogen-bond donors (Lipinski definition) is 0. The Labute approximate surface area is 174 Å². The molecule has 7 heteroatoms. The molecule has 1 saturated heterocycles. The lowest BCUT2D eigenvalue weighted by Gasteiger charge is -2.56. The van der Waals surface area contributed by atoms with Crippen LogP contribution in [-0.4, -0.2) is 48.6 Å². The molecule has 6 nitrogen and oxygen atoms in total. The molecule has 2 aliphatic carbocycles. The van der Waals surface area contributed by atoms with Gasteiger partial charge in [-0.3, -0.25) is 9.59 Å². The average molecular weight is 409 g/mol. The van der Waals surface area contributed by atoms with Crippen LogP contribution in [0.5, 0.6) is 11.5 Å². The lowest BCUT2D eigenvalue weighted by molar-refractivity contribution is -0.152. The molecule has 0 unspecified atom stereocenters. The quantitative estimate of drug-likeness (QED) is 0.425. The molecule has 1 fully saturated rings. The van der Waals surface area contributed by atoms with E-state index in [0.29, 0.717) is 30.9 Å². The average Bonchev–Trinajstić information content (AvgIpc) is 2.97. The Bertz CT molecular complexity index is 980. The molecular formula is C21H24ClNO5. The first-order valence-electron chi connectivity index (χ1n) is 10.8. The fraction of sp³-hybridized carbons (Fsp3) is 0.524. The first-order valence-corrected chi connectivity index (χ1v) is 9.26. The molecule has 5 atom stereocenters. The summed E-state index contributed by atoms with van der Waals surface area (Å²) in [4.78, 5) is 25.0. The third-order valence-electron chi connectivity index (χ3n) is 6.39. The van der Waals surface area contributed by atoms with Gasteiger partial charge in [0, 0.05) is 40.9 Å². The summed E-state index contributed by atoms with van der Waals surface area (Å²) in [6.45, 7) is 0.883. The number of esters is 2. The number of likely N-dealkylation sites (tertiary alicyclic amines) is 1. The second-order valence-corrected chi connectivity index (χ2v) is 7.80. The van der Waals surface area contributed by atoms with Gasteiger partial charge in [-0.05, 0) is 44.1 Å². The second kappa shape index (κ2) is 6.49. The fourth-order valence-electron chi connectivity index (χ4n) is 5.56. The van der Waals surface area contributed by atoms with Crippen molar-refractivity contribution in [1.29, 1.82) is 0 Å². The van der Waals surface area contributed by atoms with Crippen molar-refractivity contribution in [3.8, 4) is 11.5 Å². The molecule has 0 N–H and O–H groups in total. The smallest absolute Gasteiger partial charge is 0.308 e. The number of carbonyl (C=O) groups excluding carboxylic acids is 2. The molecule has 1 aromatic rings. The summed E-state index contributed by atoms with van der Waals surface area (Å²) in [6, 6.07) is 3.38. The van der Waals surface area contributed by atoms with Crippen LogP contribution in [0.3, 0.4) is 0 Å². The maximum absolute atomic E-state index is 11.7. The summed E-state index contributed by atoms with van der Waals surface area (Å²) in [5.41, 5.74) is 1.44. The molecule has 2 aliphatic heterocycles. The highest BCUT2D eigenvalue weighted by atomic mass is 35.5. The molecule has 150 valence electrons. The van der Waals surface area contributed by atoms with Crippen molar-refractivity contribution in [3.63, 3.8) is 0 Å². The molecule has 0 aromatic heterocycles. The largest absolute Gasteiger partial charge is 0.481 e. The van der Waals surface area contributed by atoms with Gasteiger partial charge >= 0.3 is 11.9 Å². The van der Waals surface area contributed by atoms with Gasteiger partial charge in [-0.25, -0.2) is 0 Å². The minimum Gasteiger partial charge on any atom is -0.481 e. The number of nitrogens with zero attached hydrogens (tertiary/aromatic N) is 1. The number of ether oxygens (including phenoxy) is 3. The van der Waals surface area contributed by atoms with E-state index in [1.807, 2.05) is 18.2 Å². The van der Waals surface area contributed by atoms with Gasteiger partial charge in [0.1, 0.15) is 6.10 Å². The Balaban J connectivity index is 0.00000231. The van der Waals surface area contributed by atoms with Crippen LogP contribution in [0, 0.1) is 5.92 Å². The molecule has 2 bridgehead atoms. The van der Waals surface area contributed by atoms with Gasteiger partial charge in [0.15, 0.2) is 17.6 Å². The van der Waals surface area contributed by atoms with Gasteiger partial charge in [-0.2, -0.15) is 0 Å². The predicted octanol–water partition coefficient (Wildman–Crippen LogP) is 2.41. The zero-order valence-electron chi connectivity index (χ0n) is 18.6. The van der Waals surface area contributed by atoms with Crippen molar-refractivity contribution in [2.24, 2.45) is 5.92 Å². The lowest BCUT2D eigenvalue weighted by atomic mass is 9.53. The molecule has 5 rings (SSSR count). The Morgan fingerprint density at radius 2 is 2.11 bits per heavy atom. The van der Waals surface area contributed by atoms with Crippen LogP contribution in [0.1, 0.15) is 35.5 Å². The van der Waals surface area contributed by atoms with Crippen molar-refractivity contribution < 1.29 is 27.9 Å². The second-order valence-electron chi connectivity index (χ2n) is 7.80. The Morgan fingerprint density at radius 3 is 2.82 bits per heavy atom. The highest BCUT2D eigenvalue weighted by molar-refractivity contribution is 5.85. The minimum atomic E-state index is -2.19. The third-order valence-corrected chi connectivity index (χ3v) is 6.39. The van der Waals surface area contributed by atoms with Gasteiger partial charge in [-0.1, -0.05) is 12.1 Å². The highest BCUT2D eigenvalue weighted by Gasteiger charge is 2.65. The molecule has 0 amide bonds. The van der Waals surface area contributed by atoms with Gasteiger partial charge < -0.3 is 19.1 Å². The van der Waals surface area contributed by atoms with Crippen LogP contribution in [0.15, 0.2) is 24.3 Å². The number of piperidine rings is 1. The van der Waals surface area contributed by atoms with Crippen LogP contribution < -0.4 is 9.47 Å². The van der Waals surface area contributed by atoms with Crippen molar-refractivity contribution in [3.05, 3.63) is 35.4 Å². The Hall–Kier alpha value is -2.05. The summed E-state index contributed by atoms with van der Waals surface area (Å²) in [7, 11) is 0. The van der Waals surface area contributed by atoms with Crippen LogP contribution in [-0.2, 0) is 26.2 Å². The Kier molecular flexibility index (Phi) is 3.67. The van der Waals surface area contributed by atoms with Crippen molar-refractivity contribution >= 4 is 24.3 Å². The van der Waals surface area contributed by atoms with Crippen LogP contribution in [0.25, 0.3) is 0 Å². The zero-order valence-corrected chi connectivity index (χ0v) is 16.5. The molecule has 28 heavy (non-hydrogen) atoms. The molecule has 2 heterocycles. The van der Waals surface area contributed by atoms with Gasteiger partial charge in [0.05, 0.1) is 0 Å². The standard InChI is InChI=1S/C21H23NO5.ClH/c1-11(23)25-16-6-4-13-10-15-14-5-7-17(26-12(2)24)20-21(14,8-9-22(15)3)18(13)19(16)27-20;/h4-7,14-15,17,20H,8-10H2,1-3H3;1H/t14-,15+,17-,20-,21-;/m0./s1/i3D3;. The number of benzene rings is 1. The number of carbonyl (C=O) groups is 2. The maximum Gasteiger partial charge on any atom is 0.308 e. The minimum absolute atomic E-state index is 0. The summed E-state index contributed by atoms with van der Waals surface area (Å²) in [6.07, 6.45) is 3.82. The van der Waals surface area contributed by atoms with E-state index in [4.69, 9.17) is 18.3 Å². The van der Waals surface area contributed by atoms with E-state index < -0.39 is 36.5 Å². The van der Waals surface area contributed by atoms with Crippen LogP contribution >= 0.6 is 12.4 Å². The number of rotatable bonds is 2. The summed E-state index contributed by atoms with van der Waals surface area (Å²) >= 11 is 0. The molecule has 0 saturated carbocycles. The van der Waals surface area contributed by atoms with Crippen molar-refractivity contribution in [1.82, 2.24) is 4.90 Å². The van der Waals surface area contributed by atoms with E-state index in [1.165, 1.54) is 13.8 Å². The van der Waals surface area contributed by atoms with E-state index in [9.17, 15) is 9.59 Å².